The third kappa shape index (κ3) is 3.18. The highest BCUT2D eigenvalue weighted by Gasteiger charge is 2.63. The van der Waals surface area contributed by atoms with Crippen LogP contribution in [0.2, 0.25) is 0 Å². The number of hydrogen-bond donors (Lipinski definition) is 1. The zero-order chi connectivity index (χ0) is 20.0. The van der Waals surface area contributed by atoms with Crippen LogP contribution >= 0.6 is 0 Å². The quantitative estimate of drug-likeness (QED) is 0.605. The summed E-state index contributed by atoms with van der Waals surface area (Å²) in [6.45, 7) is -0.0498. The number of fused-ring (bicyclic) bond motifs is 1. The van der Waals surface area contributed by atoms with E-state index in [-0.39, 0.29) is 54.0 Å². The minimum absolute atomic E-state index is 0.0246. The molecule has 5 atom stereocenters. The van der Waals surface area contributed by atoms with Gasteiger partial charge in [0.25, 0.3) is 0 Å². The maximum atomic E-state index is 12.8. The fraction of sp³-hybridized carbons (Fsp3) is 0.348. The van der Waals surface area contributed by atoms with E-state index in [0.29, 0.717) is 17.0 Å². The summed E-state index contributed by atoms with van der Waals surface area (Å²) < 4.78 is 11.0. The first kappa shape index (κ1) is 17.9. The highest BCUT2D eigenvalue weighted by atomic mass is 16.6. The number of nitrogens with one attached hydrogen (secondary N) is 1. The van der Waals surface area contributed by atoms with Crippen molar-refractivity contribution in [1.82, 2.24) is 0 Å². The smallest absolute Gasteiger partial charge is 0.310 e. The van der Waals surface area contributed by atoms with E-state index >= 15 is 0 Å². The van der Waals surface area contributed by atoms with Crippen LogP contribution in [0.3, 0.4) is 0 Å². The Morgan fingerprint density at radius 1 is 1.03 bits per heavy atom. The fourth-order valence-corrected chi connectivity index (χ4v) is 5.08. The van der Waals surface area contributed by atoms with Crippen molar-refractivity contribution in [3.05, 3.63) is 60.2 Å². The van der Waals surface area contributed by atoms with E-state index in [0.717, 1.165) is 12.8 Å². The maximum Gasteiger partial charge on any atom is 0.310 e. The van der Waals surface area contributed by atoms with Gasteiger partial charge in [0.05, 0.1) is 11.8 Å². The summed E-state index contributed by atoms with van der Waals surface area (Å²) >= 11 is 0. The molecule has 1 N–H and O–H groups in total. The van der Waals surface area contributed by atoms with E-state index in [1.165, 1.54) is 0 Å². The zero-order valence-electron chi connectivity index (χ0n) is 15.7. The molecular formula is C23H21NO5. The second-order valence-electron chi connectivity index (χ2n) is 8.01. The molecule has 1 heterocycles. The van der Waals surface area contributed by atoms with Gasteiger partial charge < -0.3 is 14.8 Å². The van der Waals surface area contributed by atoms with Gasteiger partial charge in [-0.1, -0.05) is 30.3 Å². The molecule has 2 saturated carbocycles. The number of hydrogen-bond acceptors (Lipinski definition) is 5. The summed E-state index contributed by atoms with van der Waals surface area (Å²) in [5, 5.41) is 2.92. The summed E-state index contributed by atoms with van der Waals surface area (Å²) in [5.74, 6) is -0.0274. The molecule has 2 aliphatic carbocycles. The molecule has 3 fully saturated rings. The molecule has 29 heavy (non-hydrogen) atoms. The number of ketones is 1. The van der Waals surface area contributed by atoms with Gasteiger partial charge in [-0.2, -0.15) is 0 Å². The molecule has 3 aliphatic rings. The highest BCUT2D eigenvalue weighted by Crippen LogP contribution is 2.57. The molecule has 5 rings (SSSR count). The second kappa shape index (κ2) is 7.03. The topological polar surface area (TPSA) is 81.7 Å². The predicted octanol–water partition coefficient (Wildman–Crippen LogP) is 3.08. The van der Waals surface area contributed by atoms with Gasteiger partial charge in [0, 0.05) is 17.2 Å². The van der Waals surface area contributed by atoms with Crippen LogP contribution in [0.5, 0.6) is 5.75 Å². The van der Waals surface area contributed by atoms with Crippen LogP contribution in [0.15, 0.2) is 54.6 Å². The van der Waals surface area contributed by atoms with Crippen molar-refractivity contribution in [2.75, 3.05) is 11.9 Å². The molecule has 0 spiro atoms. The van der Waals surface area contributed by atoms with Crippen LogP contribution in [0.4, 0.5) is 5.69 Å². The van der Waals surface area contributed by atoms with Gasteiger partial charge in [-0.05, 0) is 43.0 Å². The molecule has 0 unspecified atom stereocenters. The lowest BCUT2D eigenvalue weighted by Gasteiger charge is -2.23. The second-order valence-corrected chi connectivity index (χ2v) is 8.01. The Bertz CT molecular complexity index is 953. The number of anilines is 1. The first-order chi connectivity index (χ1) is 14.1. The van der Waals surface area contributed by atoms with Gasteiger partial charge in [-0.3, -0.25) is 14.4 Å². The Kier molecular flexibility index (Phi) is 4.34. The molecular weight excluding hydrogens is 370 g/mol. The van der Waals surface area contributed by atoms with Gasteiger partial charge in [0.15, 0.2) is 12.4 Å². The molecule has 2 bridgehead atoms. The van der Waals surface area contributed by atoms with E-state index in [4.69, 9.17) is 9.47 Å². The van der Waals surface area contributed by atoms with E-state index in [2.05, 4.69) is 5.32 Å². The van der Waals surface area contributed by atoms with Crippen molar-refractivity contribution in [2.24, 2.45) is 23.7 Å². The predicted molar refractivity (Wildman–Crippen MR) is 104 cm³/mol. The molecule has 0 radical (unpaired) electrons. The maximum absolute atomic E-state index is 12.8. The van der Waals surface area contributed by atoms with E-state index < -0.39 is 0 Å². The van der Waals surface area contributed by atoms with Gasteiger partial charge in [0.2, 0.25) is 5.91 Å². The highest BCUT2D eigenvalue weighted by molar-refractivity contribution is 5.97. The summed E-state index contributed by atoms with van der Waals surface area (Å²) in [6.07, 6.45) is 1.73. The first-order valence-corrected chi connectivity index (χ1v) is 9.92. The summed E-state index contributed by atoms with van der Waals surface area (Å²) in [6, 6.07) is 15.9. The largest absolute Gasteiger partial charge is 0.485 e. The van der Waals surface area contributed by atoms with Crippen LogP contribution in [-0.2, 0) is 14.3 Å². The van der Waals surface area contributed by atoms with E-state index in [9.17, 15) is 14.4 Å². The van der Waals surface area contributed by atoms with Crippen molar-refractivity contribution >= 4 is 23.3 Å². The molecule has 0 aromatic heterocycles. The average molecular weight is 391 g/mol. The minimum Gasteiger partial charge on any atom is -0.485 e. The Hall–Kier alpha value is -3.15. The summed E-state index contributed by atoms with van der Waals surface area (Å²) in [4.78, 5) is 37.0. The number of esters is 1. The van der Waals surface area contributed by atoms with Crippen molar-refractivity contribution in [2.45, 2.75) is 18.9 Å². The minimum atomic E-state index is -0.300. The SMILES string of the molecule is O=C(COc1ccc(NC(=O)[C@@H]2[C@@H]3C[C@@H]4[C@@H]2C(=O)O[C@@H]4C3)cc1)c1ccccc1. The number of rotatable bonds is 6. The number of carbonyl (C=O) groups is 3. The van der Waals surface area contributed by atoms with Crippen molar-refractivity contribution in [3.8, 4) is 5.75 Å². The lowest BCUT2D eigenvalue weighted by Crippen LogP contribution is -2.35. The Morgan fingerprint density at radius 2 is 1.79 bits per heavy atom. The van der Waals surface area contributed by atoms with Crippen LogP contribution in [0.25, 0.3) is 0 Å². The standard InChI is InChI=1S/C23H21NO5/c25-18(13-4-2-1-3-5-13)12-28-16-8-6-15(7-9-16)24-22(26)20-14-10-17-19(11-14)29-23(27)21(17)20/h1-9,14,17,19-21H,10-12H2,(H,24,26)/t14-,17+,19-,20-,21+/m1/s1. The Labute approximate surface area is 168 Å². The van der Waals surface area contributed by atoms with E-state index in [1.54, 1.807) is 36.4 Å². The lowest BCUT2D eigenvalue weighted by molar-refractivity contribution is -0.145. The third-order valence-corrected chi connectivity index (χ3v) is 6.37. The summed E-state index contributed by atoms with van der Waals surface area (Å²) in [5.41, 5.74) is 1.25. The van der Waals surface area contributed by atoms with Crippen molar-refractivity contribution < 1.29 is 23.9 Å². The normalized spacial score (nSPS) is 28.8. The Morgan fingerprint density at radius 3 is 2.55 bits per heavy atom. The number of ether oxygens (including phenoxy) is 2. The van der Waals surface area contributed by atoms with Gasteiger partial charge in [-0.15, -0.1) is 0 Å². The molecule has 2 aromatic rings. The summed E-state index contributed by atoms with van der Waals surface area (Å²) in [7, 11) is 0. The number of carbonyl (C=O) groups excluding carboxylic acids is 3. The molecule has 2 aromatic carbocycles. The van der Waals surface area contributed by atoms with Crippen LogP contribution < -0.4 is 10.1 Å². The molecule has 1 amide bonds. The van der Waals surface area contributed by atoms with Crippen molar-refractivity contribution in [1.29, 1.82) is 0 Å². The monoisotopic (exact) mass is 391 g/mol. The molecule has 1 saturated heterocycles. The van der Waals surface area contributed by atoms with Crippen LogP contribution in [0, 0.1) is 23.7 Å². The Balaban J connectivity index is 1.18. The van der Waals surface area contributed by atoms with Crippen molar-refractivity contribution in [3.63, 3.8) is 0 Å². The zero-order valence-corrected chi connectivity index (χ0v) is 15.7. The van der Waals surface area contributed by atoms with Gasteiger partial charge in [-0.25, -0.2) is 0 Å². The lowest BCUT2D eigenvalue weighted by atomic mass is 9.79. The number of amides is 1. The first-order valence-electron chi connectivity index (χ1n) is 9.92. The molecule has 1 aliphatic heterocycles. The third-order valence-electron chi connectivity index (χ3n) is 6.37. The van der Waals surface area contributed by atoms with E-state index in [1.807, 2.05) is 18.2 Å². The van der Waals surface area contributed by atoms with Gasteiger partial charge >= 0.3 is 5.97 Å². The fourth-order valence-electron chi connectivity index (χ4n) is 5.08. The van der Waals surface area contributed by atoms with Gasteiger partial charge in [0.1, 0.15) is 11.9 Å². The molecule has 6 heteroatoms. The number of Topliss-reactive ketones (excluding diaryl/α,β-unsaturated/α-hetero) is 1. The molecule has 6 nitrogen and oxygen atoms in total. The van der Waals surface area contributed by atoms with Crippen LogP contribution in [-0.4, -0.2) is 30.4 Å². The molecule has 148 valence electrons. The number of benzene rings is 2. The van der Waals surface area contributed by atoms with Crippen LogP contribution in [0.1, 0.15) is 23.2 Å². The average Bonchev–Trinajstić information content (AvgIpc) is 3.36.